The van der Waals surface area contributed by atoms with Crippen molar-refractivity contribution in [3.05, 3.63) is 29.6 Å². The summed E-state index contributed by atoms with van der Waals surface area (Å²) in [6.07, 6.45) is 1.37. The lowest BCUT2D eigenvalue weighted by atomic mass is 10.1. The molecule has 2 aromatic rings. The molecule has 0 aliphatic heterocycles. The number of hydrogen-bond acceptors (Lipinski definition) is 2. The van der Waals surface area contributed by atoms with Crippen molar-refractivity contribution in [3.63, 3.8) is 0 Å². The predicted octanol–water partition coefficient (Wildman–Crippen LogP) is 1.61. The van der Waals surface area contributed by atoms with E-state index in [9.17, 15) is 4.79 Å². The first-order valence-electron chi connectivity index (χ1n) is 4.18. The summed E-state index contributed by atoms with van der Waals surface area (Å²) in [7, 11) is 0. The normalized spacial score (nSPS) is 10.5. The first-order chi connectivity index (χ1) is 6.29. The molecular formula is C10H10N2O. The molecule has 1 aromatic heterocycles. The Morgan fingerprint density at radius 1 is 1.54 bits per heavy atom. The monoisotopic (exact) mass is 174 g/mol. The van der Waals surface area contributed by atoms with Crippen molar-refractivity contribution >= 4 is 17.3 Å². The van der Waals surface area contributed by atoms with Gasteiger partial charge in [0, 0.05) is 6.42 Å². The zero-order chi connectivity index (χ0) is 9.26. The molecule has 0 fully saturated rings. The Morgan fingerprint density at radius 3 is 3.15 bits per heavy atom. The summed E-state index contributed by atoms with van der Waals surface area (Å²) in [5.41, 5.74) is 2.97. The summed E-state index contributed by atoms with van der Waals surface area (Å²) in [6, 6.07) is 5.82. The highest BCUT2D eigenvalue weighted by molar-refractivity contribution is 5.76. The maximum atomic E-state index is 10.3. The smallest absolute Gasteiger partial charge is 0.124 e. The molecule has 1 aromatic carbocycles. The van der Waals surface area contributed by atoms with E-state index < -0.39 is 0 Å². The molecule has 0 aliphatic rings. The van der Waals surface area contributed by atoms with Gasteiger partial charge in [0.1, 0.15) is 12.1 Å². The summed E-state index contributed by atoms with van der Waals surface area (Å²) in [6.45, 7) is 1.92. The minimum absolute atomic E-state index is 0.466. The number of carbonyl (C=O) groups is 1. The van der Waals surface area contributed by atoms with Gasteiger partial charge in [-0.3, -0.25) is 0 Å². The van der Waals surface area contributed by atoms with Crippen LogP contribution in [0.5, 0.6) is 0 Å². The predicted molar refractivity (Wildman–Crippen MR) is 50.6 cm³/mol. The van der Waals surface area contributed by atoms with Crippen LogP contribution in [0.15, 0.2) is 18.2 Å². The highest BCUT2D eigenvalue weighted by atomic mass is 16.1. The summed E-state index contributed by atoms with van der Waals surface area (Å²) in [5.74, 6) is 0.901. The fourth-order valence-electron chi connectivity index (χ4n) is 1.41. The molecule has 3 nitrogen and oxygen atoms in total. The average Bonchev–Trinajstić information content (AvgIpc) is 2.44. The van der Waals surface area contributed by atoms with Crippen LogP contribution in [0.2, 0.25) is 0 Å². The van der Waals surface area contributed by atoms with Crippen LogP contribution in [0.1, 0.15) is 11.4 Å². The quantitative estimate of drug-likeness (QED) is 0.703. The number of aromatic nitrogens is 2. The summed E-state index contributed by atoms with van der Waals surface area (Å²) in [4.78, 5) is 17.7. The maximum Gasteiger partial charge on any atom is 0.124 e. The standard InChI is InChI=1S/C10H10N2O/c1-7-11-9-3-2-8(4-5-13)6-10(9)12-7/h2-3,5-6H,4H2,1H3,(H,11,12). The Kier molecular flexibility index (Phi) is 1.85. The molecule has 0 bridgehead atoms. The number of aryl methyl sites for hydroxylation is 1. The number of nitrogens with one attached hydrogen (secondary N) is 1. The van der Waals surface area contributed by atoms with E-state index in [2.05, 4.69) is 9.97 Å². The molecule has 0 radical (unpaired) electrons. The lowest BCUT2D eigenvalue weighted by molar-refractivity contribution is -0.107. The molecule has 0 aliphatic carbocycles. The lowest BCUT2D eigenvalue weighted by Gasteiger charge is -1.93. The van der Waals surface area contributed by atoms with Gasteiger partial charge in [0.2, 0.25) is 0 Å². The van der Waals surface area contributed by atoms with E-state index in [-0.39, 0.29) is 0 Å². The molecule has 0 unspecified atom stereocenters. The Balaban J connectivity index is 2.54. The zero-order valence-electron chi connectivity index (χ0n) is 7.37. The fraction of sp³-hybridized carbons (Fsp3) is 0.200. The minimum Gasteiger partial charge on any atom is -0.342 e. The van der Waals surface area contributed by atoms with E-state index in [1.54, 1.807) is 0 Å². The molecule has 0 saturated heterocycles. The van der Waals surface area contributed by atoms with Crippen molar-refractivity contribution in [3.8, 4) is 0 Å². The number of aldehydes is 1. The van der Waals surface area contributed by atoms with Crippen LogP contribution in [0, 0.1) is 6.92 Å². The fourth-order valence-corrected chi connectivity index (χ4v) is 1.41. The largest absolute Gasteiger partial charge is 0.342 e. The number of nitrogens with zero attached hydrogens (tertiary/aromatic N) is 1. The Morgan fingerprint density at radius 2 is 2.38 bits per heavy atom. The van der Waals surface area contributed by atoms with Crippen molar-refractivity contribution in [2.24, 2.45) is 0 Å². The third-order valence-corrected chi connectivity index (χ3v) is 1.98. The molecule has 0 atom stereocenters. The summed E-state index contributed by atoms with van der Waals surface area (Å²) in [5, 5.41) is 0. The van der Waals surface area contributed by atoms with Crippen LogP contribution in [0.4, 0.5) is 0 Å². The van der Waals surface area contributed by atoms with Gasteiger partial charge in [-0.1, -0.05) is 6.07 Å². The third-order valence-electron chi connectivity index (χ3n) is 1.98. The zero-order valence-corrected chi connectivity index (χ0v) is 7.37. The van der Waals surface area contributed by atoms with Crippen LogP contribution >= 0.6 is 0 Å². The summed E-state index contributed by atoms with van der Waals surface area (Å²) < 4.78 is 0. The topological polar surface area (TPSA) is 45.8 Å². The van der Waals surface area contributed by atoms with Crippen molar-refractivity contribution in [2.45, 2.75) is 13.3 Å². The molecule has 1 heterocycles. The highest BCUT2D eigenvalue weighted by Crippen LogP contribution is 2.13. The average molecular weight is 174 g/mol. The molecule has 0 spiro atoms. The van der Waals surface area contributed by atoms with Crippen LogP contribution in [-0.4, -0.2) is 16.3 Å². The second-order valence-corrected chi connectivity index (χ2v) is 3.04. The number of aromatic amines is 1. The Hall–Kier alpha value is -1.64. The third kappa shape index (κ3) is 1.45. The Bertz CT molecular complexity index is 445. The first kappa shape index (κ1) is 7.98. The molecule has 1 N–H and O–H groups in total. The van der Waals surface area contributed by atoms with Gasteiger partial charge in [-0.25, -0.2) is 4.98 Å². The number of rotatable bonds is 2. The maximum absolute atomic E-state index is 10.3. The van der Waals surface area contributed by atoms with Gasteiger partial charge in [-0.05, 0) is 24.6 Å². The van der Waals surface area contributed by atoms with E-state index in [1.165, 1.54) is 0 Å². The van der Waals surface area contributed by atoms with Gasteiger partial charge in [0.05, 0.1) is 11.0 Å². The molecule has 0 amide bonds. The number of carbonyl (C=O) groups excluding carboxylic acids is 1. The van der Waals surface area contributed by atoms with Gasteiger partial charge in [-0.15, -0.1) is 0 Å². The molecule has 66 valence electrons. The lowest BCUT2D eigenvalue weighted by Crippen LogP contribution is -1.84. The molecule has 13 heavy (non-hydrogen) atoms. The first-order valence-corrected chi connectivity index (χ1v) is 4.18. The van der Waals surface area contributed by atoms with Gasteiger partial charge < -0.3 is 9.78 Å². The van der Waals surface area contributed by atoms with Crippen molar-refractivity contribution in [2.75, 3.05) is 0 Å². The SMILES string of the molecule is Cc1nc2ccc(CC=O)cc2[nH]1. The van der Waals surface area contributed by atoms with Crippen molar-refractivity contribution < 1.29 is 4.79 Å². The number of H-pyrrole nitrogens is 1. The van der Waals surface area contributed by atoms with Gasteiger partial charge in [0.15, 0.2) is 0 Å². The van der Waals surface area contributed by atoms with Crippen LogP contribution in [0.25, 0.3) is 11.0 Å². The van der Waals surface area contributed by atoms with E-state index in [0.29, 0.717) is 6.42 Å². The van der Waals surface area contributed by atoms with E-state index in [1.807, 2.05) is 25.1 Å². The molecular weight excluding hydrogens is 164 g/mol. The van der Waals surface area contributed by atoms with Crippen LogP contribution in [-0.2, 0) is 11.2 Å². The van der Waals surface area contributed by atoms with E-state index in [4.69, 9.17) is 0 Å². The van der Waals surface area contributed by atoms with E-state index >= 15 is 0 Å². The highest BCUT2D eigenvalue weighted by Gasteiger charge is 1.99. The van der Waals surface area contributed by atoms with Crippen LogP contribution in [0.3, 0.4) is 0 Å². The number of fused-ring (bicyclic) bond motifs is 1. The number of imidazole rings is 1. The van der Waals surface area contributed by atoms with Crippen LogP contribution < -0.4 is 0 Å². The summed E-state index contributed by atoms with van der Waals surface area (Å²) >= 11 is 0. The minimum atomic E-state index is 0.466. The van der Waals surface area contributed by atoms with Crippen molar-refractivity contribution in [1.29, 1.82) is 0 Å². The van der Waals surface area contributed by atoms with Gasteiger partial charge >= 0.3 is 0 Å². The number of hydrogen-bond donors (Lipinski definition) is 1. The van der Waals surface area contributed by atoms with Gasteiger partial charge in [-0.2, -0.15) is 0 Å². The van der Waals surface area contributed by atoms with Crippen molar-refractivity contribution in [1.82, 2.24) is 9.97 Å². The van der Waals surface area contributed by atoms with E-state index in [0.717, 1.165) is 28.7 Å². The molecule has 0 saturated carbocycles. The van der Waals surface area contributed by atoms with Gasteiger partial charge in [0.25, 0.3) is 0 Å². The Labute approximate surface area is 75.8 Å². The second kappa shape index (κ2) is 3.01. The molecule has 2 rings (SSSR count). The molecule has 3 heteroatoms. The number of benzene rings is 1. The second-order valence-electron chi connectivity index (χ2n) is 3.04.